The van der Waals surface area contributed by atoms with Crippen LogP contribution in [0.4, 0.5) is 0 Å². The SMILES string of the molecule is COC1CC(CC(=O)O)N(C(=O)Cc2ccc(O)cc2)C1. The van der Waals surface area contributed by atoms with Crippen molar-refractivity contribution in [3.63, 3.8) is 0 Å². The summed E-state index contributed by atoms with van der Waals surface area (Å²) in [6.45, 7) is 0.422. The highest BCUT2D eigenvalue weighted by Gasteiger charge is 2.36. The van der Waals surface area contributed by atoms with Crippen LogP contribution < -0.4 is 0 Å². The lowest BCUT2D eigenvalue weighted by Gasteiger charge is -2.23. The minimum absolute atomic E-state index is 0.0683. The van der Waals surface area contributed by atoms with Crippen molar-refractivity contribution < 1.29 is 24.5 Å². The van der Waals surface area contributed by atoms with E-state index in [2.05, 4.69) is 0 Å². The Bertz CT molecular complexity index is 513. The number of aliphatic carboxylic acids is 1. The number of aromatic hydroxyl groups is 1. The van der Waals surface area contributed by atoms with Crippen LogP contribution in [0.15, 0.2) is 24.3 Å². The summed E-state index contributed by atoms with van der Waals surface area (Å²) in [5.41, 5.74) is 0.785. The second-order valence-electron chi connectivity index (χ2n) is 5.23. The van der Waals surface area contributed by atoms with Crippen molar-refractivity contribution in [1.82, 2.24) is 4.90 Å². The molecule has 2 N–H and O–H groups in total. The third-order valence-electron chi connectivity index (χ3n) is 3.73. The quantitative estimate of drug-likeness (QED) is 0.846. The molecule has 6 nitrogen and oxygen atoms in total. The Kier molecular flexibility index (Phi) is 4.80. The number of amides is 1. The van der Waals surface area contributed by atoms with Gasteiger partial charge in [-0.25, -0.2) is 0 Å². The van der Waals surface area contributed by atoms with Crippen LogP contribution in [0.25, 0.3) is 0 Å². The van der Waals surface area contributed by atoms with Crippen LogP contribution in [-0.4, -0.2) is 52.8 Å². The zero-order valence-electron chi connectivity index (χ0n) is 11.9. The number of carbonyl (C=O) groups excluding carboxylic acids is 1. The third-order valence-corrected chi connectivity index (χ3v) is 3.73. The molecule has 0 aromatic heterocycles. The van der Waals surface area contributed by atoms with Crippen molar-refractivity contribution in [2.24, 2.45) is 0 Å². The van der Waals surface area contributed by atoms with E-state index < -0.39 is 5.97 Å². The van der Waals surface area contributed by atoms with Crippen molar-refractivity contribution in [3.05, 3.63) is 29.8 Å². The fourth-order valence-electron chi connectivity index (χ4n) is 2.63. The van der Waals surface area contributed by atoms with Crippen LogP contribution in [0.3, 0.4) is 0 Å². The van der Waals surface area contributed by atoms with Crippen molar-refractivity contribution in [2.75, 3.05) is 13.7 Å². The summed E-state index contributed by atoms with van der Waals surface area (Å²) < 4.78 is 5.25. The van der Waals surface area contributed by atoms with E-state index >= 15 is 0 Å². The van der Waals surface area contributed by atoms with Crippen LogP contribution in [-0.2, 0) is 20.7 Å². The molecule has 1 fully saturated rings. The molecule has 6 heteroatoms. The van der Waals surface area contributed by atoms with E-state index in [0.29, 0.717) is 13.0 Å². The molecule has 1 heterocycles. The van der Waals surface area contributed by atoms with Gasteiger partial charge in [0.1, 0.15) is 5.75 Å². The second kappa shape index (κ2) is 6.58. The van der Waals surface area contributed by atoms with Gasteiger partial charge in [-0.05, 0) is 24.1 Å². The van der Waals surface area contributed by atoms with Gasteiger partial charge >= 0.3 is 5.97 Å². The monoisotopic (exact) mass is 293 g/mol. The lowest BCUT2D eigenvalue weighted by atomic mass is 10.1. The van der Waals surface area contributed by atoms with Gasteiger partial charge in [0.2, 0.25) is 5.91 Å². The van der Waals surface area contributed by atoms with Gasteiger partial charge in [-0.15, -0.1) is 0 Å². The van der Waals surface area contributed by atoms with Gasteiger partial charge in [-0.1, -0.05) is 12.1 Å². The summed E-state index contributed by atoms with van der Waals surface area (Å²) >= 11 is 0. The predicted octanol–water partition coefficient (Wildman–Crippen LogP) is 1.03. The number of phenols is 1. The predicted molar refractivity (Wildman–Crippen MR) is 75.0 cm³/mol. The molecule has 0 aliphatic carbocycles. The molecule has 1 aliphatic heterocycles. The van der Waals surface area contributed by atoms with E-state index in [4.69, 9.17) is 9.84 Å². The van der Waals surface area contributed by atoms with Gasteiger partial charge in [-0.2, -0.15) is 0 Å². The Balaban J connectivity index is 2.04. The molecule has 1 amide bonds. The standard InChI is InChI=1S/C15H19NO5/c1-21-13-7-11(8-15(19)20)16(9-13)14(18)6-10-2-4-12(17)5-3-10/h2-5,11,13,17H,6-9H2,1H3,(H,19,20). The first-order chi connectivity index (χ1) is 9.99. The van der Waals surface area contributed by atoms with Crippen molar-refractivity contribution in [1.29, 1.82) is 0 Å². The highest BCUT2D eigenvalue weighted by Crippen LogP contribution is 2.24. The lowest BCUT2D eigenvalue weighted by molar-refractivity contribution is -0.139. The Morgan fingerprint density at radius 3 is 2.57 bits per heavy atom. The maximum absolute atomic E-state index is 12.4. The van der Waals surface area contributed by atoms with E-state index in [1.165, 1.54) is 12.1 Å². The molecule has 1 aliphatic rings. The number of benzene rings is 1. The first-order valence-corrected chi connectivity index (χ1v) is 6.81. The fraction of sp³-hybridized carbons (Fsp3) is 0.467. The number of likely N-dealkylation sites (tertiary alicyclic amines) is 1. The summed E-state index contributed by atoms with van der Waals surface area (Å²) in [6.07, 6.45) is 0.552. The number of hydrogen-bond acceptors (Lipinski definition) is 4. The summed E-state index contributed by atoms with van der Waals surface area (Å²) in [4.78, 5) is 24.9. The van der Waals surface area contributed by atoms with E-state index in [-0.39, 0.29) is 36.6 Å². The molecule has 1 aromatic rings. The molecule has 0 spiro atoms. The number of hydrogen-bond donors (Lipinski definition) is 2. The van der Waals surface area contributed by atoms with Crippen molar-refractivity contribution in [2.45, 2.75) is 31.4 Å². The minimum atomic E-state index is -0.917. The van der Waals surface area contributed by atoms with Crippen LogP contribution >= 0.6 is 0 Å². The van der Waals surface area contributed by atoms with Crippen LogP contribution in [0.2, 0.25) is 0 Å². The number of methoxy groups -OCH3 is 1. The number of phenolic OH excluding ortho intramolecular Hbond substituents is 1. The van der Waals surface area contributed by atoms with Crippen LogP contribution in [0, 0.1) is 0 Å². The molecular formula is C15H19NO5. The van der Waals surface area contributed by atoms with Crippen LogP contribution in [0.1, 0.15) is 18.4 Å². The highest BCUT2D eigenvalue weighted by atomic mass is 16.5. The number of rotatable bonds is 5. The maximum atomic E-state index is 12.4. The summed E-state index contributed by atoms with van der Waals surface area (Å²) in [5.74, 6) is -0.888. The summed E-state index contributed by atoms with van der Waals surface area (Å²) in [5, 5.41) is 18.2. The number of carboxylic acids is 1. The number of carboxylic acid groups (broad SMARTS) is 1. The zero-order valence-corrected chi connectivity index (χ0v) is 11.9. The lowest BCUT2D eigenvalue weighted by Crippen LogP contribution is -2.38. The zero-order chi connectivity index (χ0) is 15.4. The van der Waals surface area contributed by atoms with Gasteiger partial charge in [0, 0.05) is 19.7 Å². The first kappa shape index (κ1) is 15.3. The molecule has 1 saturated heterocycles. The van der Waals surface area contributed by atoms with Gasteiger partial charge in [0.15, 0.2) is 0 Å². The molecule has 0 bridgehead atoms. The number of nitrogens with zero attached hydrogens (tertiary/aromatic N) is 1. The molecule has 2 rings (SSSR count). The second-order valence-corrected chi connectivity index (χ2v) is 5.23. The van der Waals surface area contributed by atoms with E-state index in [9.17, 15) is 14.7 Å². The summed E-state index contributed by atoms with van der Waals surface area (Å²) in [6, 6.07) is 6.10. The molecule has 0 radical (unpaired) electrons. The van der Waals surface area contributed by atoms with Gasteiger partial charge in [0.25, 0.3) is 0 Å². The molecule has 0 saturated carbocycles. The van der Waals surface area contributed by atoms with Crippen LogP contribution in [0.5, 0.6) is 5.75 Å². The van der Waals surface area contributed by atoms with Crippen molar-refractivity contribution >= 4 is 11.9 Å². The van der Waals surface area contributed by atoms with E-state index in [1.807, 2.05) is 0 Å². The minimum Gasteiger partial charge on any atom is -0.508 e. The molecule has 1 aromatic carbocycles. The van der Waals surface area contributed by atoms with Gasteiger partial charge in [0.05, 0.1) is 18.9 Å². The van der Waals surface area contributed by atoms with Gasteiger partial charge in [-0.3, -0.25) is 9.59 Å². The number of carbonyl (C=O) groups is 2. The third kappa shape index (κ3) is 3.95. The van der Waals surface area contributed by atoms with E-state index in [0.717, 1.165) is 5.56 Å². The maximum Gasteiger partial charge on any atom is 0.305 e. The normalized spacial score (nSPS) is 21.5. The first-order valence-electron chi connectivity index (χ1n) is 6.81. The average molecular weight is 293 g/mol. The molecule has 2 unspecified atom stereocenters. The van der Waals surface area contributed by atoms with E-state index in [1.54, 1.807) is 24.1 Å². The average Bonchev–Trinajstić information content (AvgIpc) is 2.83. The topological polar surface area (TPSA) is 87.1 Å². The molecular weight excluding hydrogens is 274 g/mol. The Hall–Kier alpha value is -2.08. The Morgan fingerprint density at radius 1 is 1.33 bits per heavy atom. The molecule has 114 valence electrons. The largest absolute Gasteiger partial charge is 0.508 e. The van der Waals surface area contributed by atoms with Crippen molar-refractivity contribution in [3.8, 4) is 5.75 Å². The summed E-state index contributed by atoms with van der Waals surface area (Å²) in [7, 11) is 1.57. The Labute approximate surface area is 122 Å². The molecule has 21 heavy (non-hydrogen) atoms. The Morgan fingerprint density at radius 2 is 2.00 bits per heavy atom. The number of ether oxygens (including phenoxy) is 1. The smallest absolute Gasteiger partial charge is 0.305 e. The van der Waals surface area contributed by atoms with Gasteiger partial charge < -0.3 is 19.8 Å². The fourth-order valence-corrected chi connectivity index (χ4v) is 2.63. The molecule has 2 atom stereocenters. The highest BCUT2D eigenvalue weighted by molar-refractivity contribution is 5.80.